The smallest absolute Gasteiger partial charge is 0.236 e. The summed E-state index contributed by atoms with van der Waals surface area (Å²) < 4.78 is 0. The first-order chi connectivity index (χ1) is 13.0. The van der Waals surface area contributed by atoms with Crippen LogP contribution in [0.4, 0.5) is 0 Å². The van der Waals surface area contributed by atoms with Gasteiger partial charge in [0.15, 0.2) is 0 Å². The van der Waals surface area contributed by atoms with Gasteiger partial charge in [-0.1, -0.05) is 6.07 Å². The van der Waals surface area contributed by atoms with E-state index in [0.717, 1.165) is 38.0 Å². The van der Waals surface area contributed by atoms with Gasteiger partial charge in [-0.3, -0.25) is 19.5 Å². The van der Waals surface area contributed by atoms with Crippen molar-refractivity contribution in [3.05, 3.63) is 30.1 Å². The average molecular weight is 374 g/mol. The molecule has 7 nitrogen and oxygen atoms in total. The predicted octanol–water partition coefficient (Wildman–Crippen LogP) is 0.572. The summed E-state index contributed by atoms with van der Waals surface area (Å²) in [6.07, 6.45) is 4.33. The molecular weight excluding hydrogens is 342 g/mol. The normalized spacial score (nSPS) is 21.6. The first kappa shape index (κ1) is 19.8. The molecule has 27 heavy (non-hydrogen) atoms. The van der Waals surface area contributed by atoms with Gasteiger partial charge in [-0.15, -0.1) is 0 Å². The molecule has 0 aliphatic carbocycles. The van der Waals surface area contributed by atoms with E-state index in [0.29, 0.717) is 32.2 Å². The summed E-state index contributed by atoms with van der Waals surface area (Å²) in [5.74, 6) is 0.255. The van der Waals surface area contributed by atoms with Crippen molar-refractivity contribution in [1.82, 2.24) is 25.0 Å². The largest absolute Gasteiger partial charge is 0.350 e. The summed E-state index contributed by atoms with van der Waals surface area (Å²) in [5, 5.41) is 2.97. The zero-order valence-corrected chi connectivity index (χ0v) is 16.4. The van der Waals surface area contributed by atoms with Crippen LogP contribution in [0.15, 0.2) is 24.4 Å². The lowest BCUT2D eigenvalue weighted by Crippen LogP contribution is -2.46. The van der Waals surface area contributed by atoms with Gasteiger partial charge >= 0.3 is 0 Å². The third kappa shape index (κ3) is 5.49. The van der Waals surface area contributed by atoms with E-state index in [4.69, 9.17) is 0 Å². The molecule has 1 atom stereocenters. The molecule has 148 valence electrons. The fourth-order valence-electron chi connectivity index (χ4n) is 3.88. The van der Waals surface area contributed by atoms with E-state index in [1.54, 1.807) is 6.20 Å². The van der Waals surface area contributed by atoms with Crippen LogP contribution >= 0.6 is 0 Å². The molecule has 0 spiro atoms. The molecule has 2 aliphatic heterocycles. The molecule has 1 N–H and O–H groups in total. The minimum atomic E-state index is -0.0114. The molecule has 0 radical (unpaired) electrons. The zero-order chi connectivity index (χ0) is 19.2. The first-order valence-electron chi connectivity index (χ1n) is 9.87. The molecule has 2 saturated heterocycles. The number of carbonyl (C=O) groups excluding carboxylic acids is 2. The van der Waals surface area contributed by atoms with Crippen LogP contribution in [-0.4, -0.2) is 84.4 Å². The molecule has 3 rings (SSSR count). The van der Waals surface area contributed by atoms with Crippen molar-refractivity contribution in [1.29, 1.82) is 0 Å². The number of carbonyl (C=O) groups is 2. The standard InChI is InChI=1S/C20H31N5O2/c1-23(2)18-8-10-24(14-18)15-19(26)25-11-6-16(7-12-25)20(27)22-13-17-5-3-4-9-21-17/h3-5,9,16,18H,6-8,10-15H2,1-2H3,(H,22,27)/t18-/m0/s1. The number of piperidine rings is 1. The van der Waals surface area contributed by atoms with Crippen molar-refractivity contribution >= 4 is 11.8 Å². The van der Waals surface area contributed by atoms with Crippen molar-refractivity contribution < 1.29 is 9.59 Å². The number of nitrogens with one attached hydrogen (secondary N) is 1. The van der Waals surface area contributed by atoms with Gasteiger partial charge in [0.1, 0.15) is 0 Å². The lowest BCUT2D eigenvalue weighted by molar-refractivity contribution is -0.136. The van der Waals surface area contributed by atoms with Gasteiger partial charge in [-0.2, -0.15) is 0 Å². The Morgan fingerprint density at radius 3 is 2.59 bits per heavy atom. The number of hydrogen-bond acceptors (Lipinski definition) is 5. The van der Waals surface area contributed by atoms with Gasteiger partial charge in [-0.25, -0.2) is 0 Å². The topological polar surface area (TPSA) is 68.8 Å². The molecule has 2 fully saturated rings. The third-order valence-electron chi connectivity index (χ3n) is 5.73. The van der Waals surface area contributed by atoms with Gasteiger partial charge in [-0.05, 0) is 45.5 Å². The Morgan fingerprint density at radius 1 is 1.19 bits per heavy atom. The monoisotopic (exact) mass is 373 g/mol. The molecule has 0 saturated carbocycles. The summed E-state index contributed by atoms with van der Waals surface area (Å²) in [7, 11) is 4.19. The second kappa shape index (κ2) is 9.28. The highest BCUT2D eigenvalue weighted by atomic mass is 16.2. The zero-order valence-electron chi connectivity index (χ0n) is 16.4. The van der Waals surface area contributed by atoms with Gasteiger partial charge in [0.25, 0.3) is 0 Å². The molecule has 2 amide bonds. The summed E-state index contributed by atoms with van der Waals surface area (Å²) in [6, 6.07) is 6.23. The predicted molar refractivity (Wildman–Crippen MR) is 104 cm³/mol. The lowest BCUT2D eigenvalue weighted by atomic mass is 9.96. The molecule has 0 bridgehead atoms. The Bertz CT molecular complexity index is 629. The van der Waals surface area contributed by atoms with Crippen molar-refractivity contribution in [2.75, 3.05) is 46.8 Å². The average Bonchev–Trinajstić information content (AvgIpc) is 3.16. The quantitative estimate of drug-likeness (QED) is 0.790. The van der Waals surface area contributed by atoms with Gasteiger partial charge in [0.05, 0.1) is 18.8 Å². The van der Waals surface area contributed by atoms with E-state index in [9.17, 15) is 9.59 Å². The van der Waals surface area contributed by atoms with Crippen LogP contribution in [0.2, 0.25) is 0 Å². The number of nitrogens with zero attached hydrogens (tertiary/aromatic N) is 4. The molecule has 1 aromatic rings. The number of amides is 2. The van der Waals surface area contributed by atoms with Gasteiger partial charge in [0, 0.05) is 44.3 Å². The van der Waals surface area contributed by atoms with Crippen LogP contribution in [0, 0.1) is 5.92 Å². The van der Waals surface area contributed by atoms with E-state index in [1.165, 1.54) is 0 Å². The lowest BCUT2D eigenvalue weighted by Gasteiger charge is -2.32. The minimum absolute atomic E-state index is 0.0114. The summed E-state index contributed by atoms with van der Waals surface area (Å²) in [6.45, 7) is 4.25. The Kier molecular flexibility index (Phi) is 6.79. The van der Waals surface area contributed by atoms with Crippen LogP contribution in [0.1, 0.15) is 25.0 Å². The molecule has 3 heterocycles. The number of likely N-dealkylation sites (N-methyl/N-ethyl adjacent to an activating group) is 1. The highest BCUT2D eigenvalue weighted by molar-refractivity contribution is 5.80. The van der Waals surface area contributed by atoms with Crippen LogP contribution in [0.5, 0.6) is 0 Å². The number of aromatic nitrogens is 1. The Labute approximate surface area is 161 Å². The second-order valence-electron chi connectivity index (χ2n) is 7.84. The van der Waals surface area contributed by atoms with Crippen LogP contribution < -0.4 is 5.32 Å². The molecular formula is C20H31N5O2. The summed E-state index contributed by atoms with van der Waals surface area (Å²) in [4.78, 5) is 35.6. The van der Waals surface area contributed by atoms with E-state index >= 15 is 0 Å². The Balaban J connectivity index is 1.38. The van der Waals surface area contributed by atoms with E-state index < -0.39 is 0 Å². The summed E-state index contributed by atoms with van der Waals surface area (Å²) >= 11 is 0. The van der Waals surface area contributed by atoms with Crippen molar-refractivity contribution in [3.63, 3.8) is 0 Å². The van der Waals surface area contributed by atoms with Crippen molar-refractivity contribution in [2.24, 2.45) is 5.92 Å². The highest BCUT2D eigenvalue weighted by Gasteiger charge is 2.30. The maximum Gasteiger partial charge on any atom is 0.236 e. The van der Waals surface area contributed by atoms with Crippen molar-refractivity contribution in [3.8, 4) is 0 Å². The van der Waals surface area contributed by atoms with E-state index in [-0.39, 0.29) is 17.7 Å². The Morgan fingerprint density at radius 2 is 1.96 bits per heavy atom. The van der Waals surface area contributed by atoms with Crippen LogP contribution in [0.25, 0.3) is 0 Å². The maximum atomic E-state index is 12.6. The van der Waals surface area contributed by atoms with E-state index in [1.807, 2.05) is 23.1 Å². The Hall–Kier alpha value is -1.99. The summed E-state index contributed by atoms with van der Waals surface area (Å²) in [5.41, 5.74) is 0.861. The van der Waals surface area contributed by atoms with Gasteiger partial charge in [0.2, 0.25) is 11.8 Å². The number of likely N-dealkylation sites (tertiary alicyclic amines) is 2. The third-order valence-corrected chi connectivity index (χ3v) is 5.73. The van der Waals surface area contributed by atoms with Crippen LogP contribution in [0.3, 0.4) is 0 Å². The maximum absolute atomic E-state index is 12.6. The molecule has 0 aromatic carbocycles. The highest BCUT2D eigenvalue weighted by Crippen LogP contribution is 2.19. The SMILES string of the molecule is CN(C)[C@H]1CCN(CC(=O)N2CCC(C(=O)NCc3ccccn3)CC2)C1. The number of rotatable bonds is 6. The molecule has 1 aromatic heterocycles. The molecule has 2 aliphatic rings. The van der Waals surface area contributed by atoms with Gasteiger partial charge < -0.3 is 15.1 Å². The number of pyridine rings is 1. The first-order valence-corrected chi connectivity index (χ1v) is 9.87. The second-order valence-corrected chi connectivity index (χ2v) is 7.84. The van der Waals surface area contributed by atoms with E-state index in [2.05, 4.69) is 34.2 Å². The fraction of sp³-hybridized carbons (Fsp3) is 0.650. The van der Waals surface area contributed by atoms with Crippen molar-refractivity contribution in [2.45, 2.75) is 31.8 Å². The molecule has 7 heteroatoms. The number of hydrogen-bond donors (Lipinski definition) is 1. The van der Waals surface area contributed by atoms with Crippen LogP contribution in [-0.2, 0) is 16.1 Å². The molecule has 0 unspecified atom stereocenters. The fourth-order valence-corrected chi connectivity index (χ4v) is 3.88. The minimum Gasteiger partial charge on any atom is -0.350 e.